The van der Waals surface area contributed by atoms with Crippen molar-refractivity contribution >= 4 is 0 Å². The van der Waals surface area contributed by atoms with E-state index in [2.05, 4.69) is 30.9 Å². The molecule has 1 fully saturated rings. The Morgan fingerprint density at radius 3 is 2.74 bits per heavy atom. The van der Waals surface area contributed by atoms with Crippen LogP contribution in [0.2, 0.25) is 0 Å². The monoisotopic (exact) mass is 262 g/mol. The zero-order valence-corrected chi connectivity index (χ0v) is 12.1. The molecule has 0 spiro atoms. The molecular formula is C16H26N2O. The first-order valence-electron chi connectivity index (χ1n) is 7.36. The van der Waals surface area contributed by atoms with Crippen LogP contribution in [0.25, 0.3) is 0 Å². The van der Waals surface area contributed by atoms with Gasteiger partial charge in [-0.25, -0.2) is 0 Å². The van der Waals surface area contributed by atoms with Gasteiger partial charge in [0.1, 0.15) is 12.4 Å². The van der Waals surface area contributed by atoms with E-state index >= 15 is 0 Å². The number of nitrogens with two attached hydrogens (primary N) is 1. The van der Waals surface area contributed by atoms with Crippen LogP contribution in [-0.4, -0.2) is 37.2 Å². The van der Waals surface area contributed by atoms with E-state index in [-0.39, 0.29) is 6.04 Å². The molecule has 1 aromatic rings. The number of nitrogens with zero attached hydrogens (tertiary/aromatic N) is 1. The Morgan fingerprint density at radius 2 is 2.11 bits per heavy atom. The number of ether oxygens (including phenoxy) is 1. The quantitative estimate of drug-likeness (QED) is 0.885. The highest BCUT2D eigenvalue weighted by Gasteiger charge is 2.23. The van der Waals surface area contributed by atoms with E-state index in [1.165, 1.54) is 31.5 Å². The molecule has 1 heterocycles. The molecule has 0 radical (unpaired) electrons. The summed E-state index contributed by atoms with van der Waals surface area (Å²) in [4.78, 5) is 2.49. The SMILES string of the molecule is CCN1CCC(C(N)COc2cccc(C)c2)CC1. The topological polar surface area (TPSA) is 38.5 Å². The molecule has 1 aliphatic rings. The Labute approximate surface area is 116 Å². The van der Waals surface area contributed by atoms with Crippen molar-refractivity contribution < 1.29 is 4.74 Å². The molecule has 106 valence electrons. The van der Waals surface area contributed by atoms with Gasteiger partial charge in [0.05, 0.1) is 0 Å². The Balaban J connectivity index is 1.77. The van der Waals surface area contributed by atoms with Crippen molar-refractivity contribution in [1.29, 1.82) is 0 Å². The minimum Gasteiger partial charge on any atom is -0.492 e. The van der Waals surface area contributed by atoms with Crippen LogP contribution in [0.1, 0.15) is 25.3 Å². The fourth-order valence-corrected chi connectivity index (χ4v) is 2.73. The molecule has 1 aliphatic heterocycles. The van der Waals surface area contributed by atoms with Gasteiger partial charge in [0.25, 0.3) is 0 Å². The van der Waals surface area contributed by atoms with Gasteiger partial charge in [0.2, 0.25) is 0 Å². The van der Waals surface area contributed by atoms with Crippen molar-refractivity contribution in [2.75, 3.05) is 26.2 Å². The second-order valence-electron chi connectivity index (χ2n) is 5.56. The largest absolute Gasteiger partial charge is 0.492 e. The first-order valence-corrected chi connectivity index (χ1v) is 7.36. The highest BCUT2D eigenvalue weighted by Crippen LogP contribution is 2.20. The van der Waals surface area contributed by atoms with Gasteiger partial charge in [-0.15, -0.1) is 0 Å². The number of likely N-dealkylation sites (tertiary alicyclic amines) is 1. The standard InChI is InChI=1S/C16H26N2O/c1-3-18-9-7-14(8-10-18)16(17)12-19-15-6-4-5-13(2)11-15/h4-6,11,14,16H,3,7-10,12,17H2,1-2H3. The zero-order chi connectivity index (χ0) is 13.7. The summed E-state index contributed by atoms with van der Waals surface area (Å²) in [6.45, 7) is 8.44. The molecule has 19 heavy (non-hydrogen) atoms. The highest BCUT2D eigenvalue weighted by atomic mass is 16.5. The summed E-state index contributed by atoms with van der Waals surface area (Å²) in [5.74, 6) is 1.54. The molecule has 1 unspecified atom stereocenters. The van der Waals surface area contributed by atoms with Gasteiger partial charge in [-0.1, -0.05) is 19.1 Å². The average molecular weight is 262 g/mol. The van der Waals surface area contributed by atoms with E-state index in [0.717, 1.165) is 12.3 Å². The molecule has 0 aliphatic carbocycles. The van der Waals surface area contributed by atoms with Gasteiger partial charge in [0.15, 0.2) is 0 Å². The average Bonchev–Trinajstić information content (AvgIpc) is 2.45. The maximum absolute atomic E-state index is 6.28. The summed E-state index contributed by atoms with van der Waals surface area (Å²) in [7, 11) is 0. The summed E-state index contributed by atoms with van der Waals surface area (Å²) < 4.78 is 5.82. The fourth-order valence-electron chi connectivity index (χ4n) is 2.73. The number of hydrogen-bond acceptors (Lipinski definition) is 3. The maximum Gasteiger partial charge on any atom is 0.119 e. The minimum absolute atomic E-state index is 0.152. The van der Waals surface area contributed by atoms with Crippen LogP contribution >= 0.6 is 0 Å². The molecule has 1 atom stereocenters. The molecule has 0 amide bonds. The maximum atomic E-state index is 6.28. The smallest absolute Gasteiger partial charge is 0.119 e. The van der Waals surface area contributed by atoms with Crippen LogP contribution < -0.4 is 10.5 Å². The minimum atomic E-state index is 0.152. The van der Waals surface area contributed by atoms with E-state index in [1.54, 1.807) is 0 Å². The third-order valence-electron chi connectivity index (χ3n) is 4.12. The third kappa shape index (κ3) is 4.22. The molecule has 3 nitrogen and oxygen atoms in total. The van der Waals surface area contributed by atoms with E-state index in [9.17, 15) is 0 Å². The number of piperidine rings is 1. The van der Waals surface area contributed by atoms with Gasteiger partial charge < -0.3 is 15.4 Å². The van der Waals surface area contributed by atoms with Crippen molar-refractivity contribution in [2.45, 2.75) is 32.7 Å². The van der Waals surface area contributed by atoms with E-state index in [0.29, 0.717) is 12.5 Å². The van der Waals surface area contributed by atoms with E-state index < -0.39 is 0 Å². The Bertz CT molecular complexity index is 386. The lowest BCUT2D eigenvalue weighted by Gasteiger charge is -2.33. The van der Waals surface area contributed by atoms with Crippen LogP contribution in [0.5, 0.6) is 5.75 Å². The highest BCUT2D eigenvalue weighted by molar-refractivity contribution is 5.27. The molecule has 1 aromatic carbocycles. The Morgan fingerprint density at radius 1 is 1.37 bits per heavy atom. The third-order valence-corrected chi connectivity index (χ3v) is 4.12. The van der Waals surface area contributed by atoms with Gasteiger partial charge in [-0.3, -0.25) is 0 Å². The van der Waals surface area contributed by atoms with Crippen LogP contribution in [-0.2, 0) is 0 Å². The summed E-state index contributed by atoms with van der Waals surface area (Å²) in [5, 5.41) is 0. The molecule has 0 saturated carbocycles. The molecule has 2 rings (SSSR count). The van der Waals surface area contributed by atoms with Gasteiger partial charge in [0, 0.05) is 6.04 Å². The fraction of sp³-hybridized carbons (Fsp3) is 0.625. The summed E-state index contributed by atoms with van der Waals surface area (Å²) in [5.41, 5.74) is 7.50. The van der Waals surface area contributed by atoms with Crippen LogP contribution in [0, 0.1) is 12.8 Å². The predicted octanol–water partition coefficient (Wildman–Crippen LogP) is 2.43. The molecule has 0 bridgehead atoms. The van der Waals surface area contributed by atoms with E-state index in [1.807, 2.05) is 12.1 Å². The number of rotatable bonds is 5. The zero-order valence-electron chi connectivity index (χ0n) is 12.1. The van der Waals surface area contributed by atoms with Crippen molar-refractivity contribution in [3.05, 3.63) is 29.8 Å². The first kappa shape index (κ1) is 14.4. The Kier molecular flexibility index (Phi) is 5.23. The van der Waals surface area contributed by atoms with Gasteiger partial charge >= 0.3 is 0 Å². The molecule has 3 heteroatoms. The molecular weight excluding hydrogens is 236 g/mol. The van der Waals surface area contributed by atoms with Gasteiger partial charge in [-0.2, -0.15) is 0 Å². The lowest BCUT2D eigenvalue weighted by Crippen LogP contribution is -2.43. The first-order chi connectivity index (χ1) is 9.19. The van der Waals surface area contributed by atoms with Gasteiger partial charge in [-0.05, 0) is 63.0 Å². The van der Waals surface area contributed by atoms with Crippen LogP contribution in [0.3, 0.4) is 0 Å². The molecule has 1 saturated heterocycles. The predicted molar refractivity (Wildman–Crippen MR) is 79.5 cm³/mol. The van der Waals surface area contributed by atoms with Crippen molar-refractivity contribution in [1.82, 2.24) is 4.90 Å². The van der Waals surface area contributed by atoms with Crippen molar-refractivity contribution in [3.63, 3.8) is 0 Å². The number of hydrogen-bond donors (Lipinski definition) is 1. The molecule has 2 N–H and O–H groups in total. The summed E-state index contributed by atoms with van der Waals surface area (Å²) in [6, 6.07) is 8.31. The lowest BCUT2D eigenvalue weighted by molar-refractivity contribution is 0.152. The lowest BCUT2D eigenvalue weighted by atomic mass is 9.90. The summed E-state index contributed by atoms with van der Waals surface area (Å²) >= 11 is 0. The van der Waals surface area contributed by atoms with E-state index in [4.69, 9.17) is 10.5 Å². The second kappa shape index (κ2) is 6.92. The second-order valence-corrected chi connectivity index (χ2v) is 5.56. The van der Waals surface area contributed by atoms with Crippen LogP contribution in [0.4, 0.5) is 0 Å². The van der Waals surface area contributed by atoms with Crippen LogP contribution in [0.15, 0.2) is 24.3 Å². The Hall–Kier alpha value is -1.06. The van der Waals surface area contributed by atoms with Crippen molar-refractivity contribution in [2.24, 2.45) is 11.7 Å². The molecule has 0 aromatic heterocycles. The number of benzene rings is 1. The number of aryl methyl sites for hydroxylation is 1. The normalized spacial score (nSPS) is 19.3. The summed E-state index contributed by atoms with van der Waals surface area (Å²) in [6.07, 6.45) is 2.40. The van der Waals surface area contributed by atoms with Crippen molar-refractivity contribution in [3.8, 4) is 5.75 Å².